The lowest BCUT2D eigenvalue weighted by Crippen LogP contribution is -1.88. The zero-order valence-electron chi connectivity index (χ0n) is 19.9. The first-order chi connectivity index (χ1) is 16.8. The maximum Gasteiger partial charge on any atom is 0.0709 e. The lowest BCUT2D eigenvalue weighted by atomic mass is 9.98. The zero-order valence-corrected chi connectivity index (χ0v) is 19.9. The molecule has 0 saturated heterocycles. The highest BCUT2D eigenvalue weighted by molar-refractivity contribution is 5.86. The Kier molecular flexibility index (Phi) is 6.81. The summed E-state index contributed by atoms with van der Waals surface area (Å²) in [5.74, 6) is 0. The summed E-state index contributed by atoms with van der Waals surface area (Å²) in [7, 11) is 0. The molecule has 0 aliphatic rings. The van der Waals surface area contributed by atoms with E-state index in [2.05, 4.69) is 116 Å². The molecule has 1 heteroatoms. The number of hydrogen-bond acceptors (Lipinski definition) is 1. The highest BCUT2D eigenvalue weighted by Crippen LogP contribution is 2.29. The molecule has 0 radical (unpaired) electrons. The van der Waals surface area contributed by atoms with Gasteiger partial charge in [-0.15, -0.1) is 0 Å². The number of hydrogen-bond donors (Lipinski definition) is 0. The number of aryl methyl sites for hydroxylation is 1. The summed E-state index contributed by atoms with van der Waals surface area (Å²) in [5, 5.41) is 1.16. The first kappa shape index (κ1) is 22.1. The lowest BCUT2D eigenvalue weighted by Gasteiger charge is -2.09. The summed E-state index contributed by atoms with van der Waals surface area (Å²) in [4.78, 5) is 4.98. The molecule has 34 heavy (non-hydrogen) atoms. The minimum atomic E-state index is 1.01. The molecule has 0 amide bonds. The molecule has 1 nitrogen and oxygen atoms in total. The topological polar surface area (TPSA) is 12.9 Å². The molecule has 1 heterocycles. The summed E-state index contributed by atoms with van der Waals surface area (Å²) >= 11 is 0. The van der Waals surface area contributed by atoms with Gasteiger partial charge in [0, 0.05) is 10.9 Å². The zero-order chi connectivity index (χ0) is 23.2. The standard InChI is InChI=1S/C33H31N/c1-2-3-4-6-10-25-15-17-27(18-16-25)28-13-9-14-30(23-28)32-22-20-31-24-29(19-21-33(31)34-32)26-11-7-5-8-12-26/h5,7-9,11-24H,2-4,6,10H2,1H3. The number of aromatic nitrogens is 1. The van der Waals surface area contributed by atoms with Crippen LogP contribution in [0.25, 0.3) is 44.4 Å². The molecule has 0 saturated carbocycles. The van der Waals surface area contributed by atoms with Gasteiger partial charge in [0.1, 0.15) is 0 Å². The Morgan fingerprint density at radius 2 is 1.24 bits per heavy atom. The van der Waals surface area contributed by atoms with E-state index < -0.39 is 0 Å². The molecule has 0 aliphatic carbocycles. The van der Waals surface area contributed by atoms with Gasteiger partial charge in [-0.25, -0.2) is 4.98 Å². The number of benzene rings is 4. The van der Waals surface area contributed by atoms with Crippen molar-refractivity contribution in [3.8, 4) is 33.5 Å². The highest BCUT2D eigenvalue weighted by atomic mass is 14.7. The van der Waals surface area contributed by atoms with E-state index in [1.54, 1.807) is 0 Å². The van der Waals surface area contributed by atoms with E-state index >= 15 is 0 Å². The smallest absolute Gasteiger partial charge is 0.0709 e. The fourth-order valence-electron chi connectivity index (χ4n) is 4.57. The molecule has 0 unspecified atom stereocenters. The third kappa shape index (κ3) is 5.10. The van der Waals surface area contributed by atoms with Crippen LogP contribution >= 0.6 is 0 Å². The van der Waals surface area contributed by atoms with Crippen LogP contribution in [-0.4, -0.2) is 4.98 Å². The quantitative estimate of drug-likeness (QED) is 0.219. The van der Waals surface area contributed by atoms with E-state index in [0.29, 0.717) is 0 Å². The van der Waals surface area contributed by atoms with Crippen molar-refractivity contribution in [3.63, 3.8) is 0 Å². The van der Waals surface area contributed by atoms with Gasteiger partial charge in [0.15, 0.2) is 0 Å². The maximum absolute atomic E-state index is 4.98. The number of nitrogens with zero attached hydrogens (tertiary/aromatic N) is 1. The first-order valence-electron chi connectivity index (χ1n) is 12.5. The normalized spacial score (nSPS) is 11.1. The maximum atomic E-state index is 4.98. The molecule has 5 rings (SSSR count). The van der Waals surface area contributed by atoms with Gasteiger partial charge in [0.2, 0.25) is 0 Å². The van der Waals surface area contributed by atoms with Crippen LogP contribution in [0.4, 0.5) is 0 Å². The van der Waals surface area contributed by atoms with Gasteiger partial charge in [-0.1, -0.05) is 111 Å². The summed E-state index contributed by atoms with van der Waals surface area (Å²) in [6.45, 7) is 2.26. The Labute approximate surface area is 203 Å². The summed E-state index contributed by atoms with van der Waals surface area (Å²) in [5.41, 5.74) is 9.55. The van der Waals surface area contributed by atoms with Crippen molar-refractivity contribution in [1.29, 1.82) is 0 Å². The van der Waals surface area contributed by atoms with Crippen LogP contribution in [0.3, 0.4) is 0 Å². The average molecular weight is 442 g/mol. The van der Waals surface area contributed by atoms with Gasteiger partial charge in [-0.3, -0.25) is 0 Å². The molecule has 0 N–H and O–H groups in total. The summed E-state index contributed by atoms with van der Waals surface area (Å²) in [6.07, 6.45) is 6.40. The van der Waals surface area contributed by atoms with Crippen molar-refractivity contribution in [2.75, 3.05) is 0 Å². The molecular weight excluding hydrogens is 410 g/mol. The van der Waals surface area contributed by atoms with Crippen molar-refractivity contribution < 1.29 is 0 Å². The van der Waals surface area contributed by atoms with Crippen LogP contribution in [0.5, 0.6) is 0 Å². The van der Waals surface area contributed by atoms with Crippen molar-refractivity contribution in [2.45, 2.75) is 39.0 Å². The monoisotopic (exact) mass is 441 g/mol. The van der Waals surface area contributed by atoms with Gasteiger partial charge in [-0.2, -0.15) is 0 Å². The molecule has 0 aliphatic heterocycles. The van der Waals surface area contributed by atoms with Crippen LogP contribution in [0, 0.1) is 0 Å². The van der Waals surface area contributed by atoms with E-state index in [1.807, 2.05) is 0 Å². The van der Waals surface area contributed by atoms with Crippen LogP contribution in [-0.2, 0) is 6.42 Å². The van der Waals surface area contributed by atoms with Gasteiger partial charge < -0.3 is 0 Å². The second-order valence-electron chi connectivity index (χ2n) is 9.06. The Morgan fingerprint density at radius 1 is 0.529 bits per heavy atom. The Bertz CT molecular complexity index is 1370. The molecule has 4 aromatic carbocycles. The van der Waals surface area contributed by atoms with Crippen LogP contribution < -0.4 is 0 Å². The Hall–Kier alpha value is -3.71. The van der Waals surface area contributed by atoms with E-state index in [1.165, 1.54) is 59.9 Å². The molecule has 0 spiro atoms. The molecule has 1 aromatic heterocycles. The molecule has 0 fully saturated rings. The highest BCUT2D eigenvalue weighted by Gasteiger charge is 2.06. The van der Waals surface area contributed by atoms with Gasteiger partial charge >= 0.3 is 0 Å². The average Bonchev–Trinajstić information content (AvgIpc) is 2.91. The number of rotatable bonds is 8. The SMILES string of the molecule is CCCCCCc1ccc(-c2cccc(-c3ccc4cc(-c5ccccc5)ccc4n3)c2)cc1. The third-order valence-corrected chi connectivity index (χ3v) is 6.56. The number of unbranched alkanes of at least 4 members (excludes halogenated alkanes) is 3. The lowest BCUT2D eigenvalue weighted by molar-refractivity contribution is 0.667. The summed E-state index contributed by atoms with van der Waals surface area (Å²) < 4.78 is 0. The Balaban J connectivity index is 1.36. The second kappa shape index (κ2) is 10.5. The first-order valence-corrected chi connectivity index (χ1v) is 12.5. The van der Waals surface area contributed by atoms with Crippen LogP contribution in [0.15, 0.2) is 109 Å². The largest absolute Gasteiger partial charge is 0.248 e. The summed E-state index contributed by atoms with van der Waals surface area (Å²) in [6, 6.07) is 39.1. The molecule has 0 bridgehead atoms. The van der Waals surface area contributed by atoms with Gasteiger partial charge in [-0.05, 0) is 64.9 Å². The van der Waals surface area contributed by atoms with E-state index in [4.69, 9.17) is 4.98 Å². The predicted molar refractivity (Wildman–Crippen MR) is 146 cm³/mol. The third-order valence-electron chi connectivity index (χ3n) is 6.56. The number of fused-ring (bicyclic) bond motifs is 1. The molecule has 0 atom stereocenters. The molecule has 5 aromatic rings. The van der Waals surface area contributed by atoms with Crippen LogP contribution in [0.1, 0.15) is 38.2 Å². The van der Waals surface area contributed by atoms with Crippen molar-refractivity contribution in [2.24, 2.45) is 0 Å². The van der Waals surface area contributed by atoms with E-state index in [0.717, 1.165) is 22.2 Å². The Morgan fingerprint density at radius 3 is 2.06 bits per heavy atom. The second-order valence-corrected chi connectivity index (χ2v) is 9.06. The van der Waals surface area contributed by atoms with Crippen molar-refractivity contribution >= 4 is 10.9 Å². The van der Waals surface area contributed by atoms with Gasteiger partial charge in [0.25, 0.3) is 0 Å². The fraction of sp³-hybridized carbons (Fsp3) is 0.182. The minimum Gasteiger partial charge on any atom is -0.248 e. The fourth-order valence-corrected chi connectivity index (χ4v) is 4.57. The molecule has 168 valence electrons. The van der Waals surface area contributed by atoms with Crippen LogP contribution in [0.2, 0.25) is 0 Å². The predicted octanol–water partition coefficient (Wildman–Crippen LogP) is 9.36. The van der Waals surface area contributed by atoms with E-state index in [-0.39, 0.29) is 0 Å². The van der Waals surface area contributed by atoms with Gasteiger partial charge in [0.05, 0.1) is 11.2 Å². The number of pyridine rings is 1. The van der Waals surface area contributed by atoms with Crippen molar-refractivity contribution in [1.82, 2.24) is 4.98 Å². The van der Waals surface area contributed by atoms with Crippen molar-refractivity contribution in [3.05, 3.63) is 115 Å². The molecular formula is C33H31N. The minimum absolute atomic E-state index is 1.01. The van der Waals surface area contributed by atoms with E-state index in [9.17, 15) is 0 Å².